The lowest BCUT2D eigenvalue weighted by molar-refractivity contribution is 0.213. The lowest BCUT2D eigenvalue weighted by atomic mass is 10.0. The molecule has 0 spiro atoms. The predicted molar refractivity (Wildman–Crippen MR) is 70.1 cm³/mol. The highest BCUT2D eigenvalue weighted by molar-refractivity contribution is 5.45. The number of methoxy groups -OCH3 is 1. The van der Waals surface area contributed by atoms with Crippen molar-refractivity contribution in [2.45, 2.75) is 32.4 Å². The maximum atomic E-state index is 14.0. The normalized spacial score (nSPS) is 19.0. The van der Waals surface area contributed by atoms with Crippen molar-refractivity contribution in [1.82, 2.24) is 4.90 Å². The molecule has 0 aromatic heterocycles. The largest absolute Gasteiger partial charge is 0.496 e. The molecular weight excluding hydrogens is 231 g/mol. The second-order valence-corrected chi connectivity index (χ2v) is 4.72. The number of halogens is 1. The lowest BCUT2D eigenvalue weighted by Gasteiger charge is -2.23. The van der Waals surface area contributed by atoms with Gasteiger partial charge in [-0.25, -0.2) is 4.39 Å². The summed E-state index contributed by atoms with van der Waals surface area (Å²) in [7, 11) is 1.62. The predicted octanol–water partition coefficient (Wildman–Crippen LogP) is 2.45. The van der Waals surface area contributed by atoms with Gasteiger partial charge in [0, 0.05) is 24.2 Å². The fraction of sp³-hybridized carbons (Fsp3) is 0.571. The molecule has 18 heavy (non-hydrogen) atoms. The van der Waals surface area contributed by atoms with E-state index in [9.17, 15) is 4.39 Å². The van der Waals surface area contributed by atoms with Gasteiger partial charge in [0.25, 0.3) is 0 Å². The summed E-state index contributed by atoms with van der Waals surface area (Å²) >= 11 is 0. The monoisotopic (exact) mass is 252 g/mol. The van der Waals surface area contributed by atoms with Gasteiger partial charge in [0.15, 0.2) is 0 Å². The summed E-state index contributed by atoms with van der Waals surface area (Å²) in [6.07, 6.45) is 2.23. The van der Waals surface area contributed by atoms with E-state index in [0.717, 1.165) is 42.8 Å². The van der Waals surface area contributed by atoms with Gasteiger partial charge in [-0.2, -0.15) is 0 Å². The molecule has 0 fully saturated rings. The van der Waals surface area contributed by atoms with Crippen LogP contribution in [0.15, 0.2) is 12.1 Å². The Balaban J connectivity index is 2.34. The standard InChI is InChI=1S/C14H21FN2O/c1-3-4-7-17-9-10-13(18-2)6-5-11(15)14(10)12(17)8-16/h5-6,12H,3-4,7-9,16H2,1-2H3. The molecule has 1 unspecified atom stereocenters. The van der Waals surface area contributed by atoms with Gasteiger partial charge < -0.3 is 10.5 Å². The van der Waals surface area contributed by atoms with Crippen molar-refractivity contribution >= 4 is 0 Å². The smallest absolute Gasteiger partial charge is 0.128 e. The summed E-state index contributed by atoms with van der Waals surface area (Å²) < 4.78 is 19.3. The average molecular weight is 252 g/mol. The maximum absolute atomic E-state index is 14.0. The molecule has 1 aliphatic rings. The molecule has 0 saturated heterocycles. The first-order valence-corrected chi connectivity index (χ1v) is 6.52. The Morgan fingerprint density at radius 3 is 2.89 bits per heavy atom. The van der Waals surface area contributed by atoms with Crippen LogP contribution < -0.4 is 10.5 Å². The van der Waals surface area contributed by atoms with Gasteiger partial charge in [-0.1, -0.05) is 13.3 Å². The molecule has 1 heterocycles. The third-order valence-corrected chi connectivity index (χ3v) is 3.64. The van der Waals surface area contributed by atoms with Gasteiger partial charge in [0.1, 0.15) is 11.6 Å². The zero-order valence-electron chi connectivity index (χ0n) is 11.1. The van der Waals surface area contributed by atoms with E-state index in [1.54, 1.807) is 13.2 Å². The zero-order valence-corrected chi connectivity index (χ0v) is 11.1. The van der Waals surface area contributed by atoms with Gasteiger partial charge in [0.05, 0.1) is 13.2 Å². The number of benzene rings is 1. The number of ether oxygens (including phenoxy) is 1. The van der Waals surface area contributed by atoms with Crippen LogP contribution in [-0.4, -0.2) is 25.1 Å². The van der Waals surface area contributed by atoms with Crippen molar-refractivity contribution in [2.24, 2.45) is 5.73 Å². The highest BCUT2D eigenvalue weighted by atomic mass is 19.1. The Kier molecular flexibility index (Phi) is 4.19. The summed E-state index contributed by atoms with van der Waals surface area (Å²) in [6.45, 7) is 4.29. The maximum Gasteiger partial charge on any atom is 0.128 e. The van der Waals surface area contributed by atoms with Gasteiger partial charge in [0.2, 0.25) is 0 Å². The van der Waals surface area contributed by atoms with Crippen LogP contribution >= 0.6 is 0 Å². The summed E-state index contributed by atoms with van der Waals surface area (Å²) in [4.78, 5) is 2.25. The molecular formula is C14H21FN2O. The van der Waals surface area contributed by atoms with Gasteiger partial charge in [-0.05, 0) is 25.1 Å². The Bertz CT molecular complexity index is 423. The first kappa shape index (κ1) is 13.3. The van der Waals surface area contributed by atoms with E-state index in [0.29, 0.717) is 6.54 Å². The van der Waals surface area contributed by atoms with Gasteiger partial charge in [-0.15, -0.1) is 0 Å². The van der Waals surface area contributed by atoms with Crippen LogP contribution in [-0.2, 0) is 6.54 Å². The van der Waals surface area contributed by atoms with Gasteiger partial charge >= 0.3 is 0 Å². The molecule has 0 bridgehead atoms. The van der Waals surface area contributed by atoms with Gasteiger partial charge in [-0.3, -0.25) is 4.90 Å². The minimum absolute atomic E-state index is 0.0124. The van der Waals surface area contributed by atoms with Crippen molar-refractivity contribution in [3.05, 3.63) is 29.1 Å². The number of hydrogen-bond acceptors (Lipinski definition) is 3. The molecule has 100 valence electrons. The van der Waals surface area contributed by atoms with Crippen molar-refractivity contribution < 1.29 is 9.13 Å². The fourth-order valence-corrected chi connectivity index (χ4v) is 2.69. The molecule has 2 N–H and O–H groups in total. The Morgan fingerprint density at radius 2 is 2.28 bits per heavy atom. The number of rotatable bonds is 5. The van der Waals surface area contributed by atoms with Crippen molar-refractivity contribution in [3.8, 4) is 5.75 Å². The molecule has 1 aromatic carbocycles. The van der Waals surface area contributed by atoms with Crippen LogP contribution in [0.25, 0.3) is 0 Å². The van der Waals surface area contributed by atoms with E-state index >= 15 is 0 Å². The molecule has 1 aliphatic heterocycles. The molecule has 0 amide bonds. The summed E-state index contributed by atoms with van der Waals surface area (Å²) in [5, 5.41) is 0. The molecule has 2 rings (SSSR count). The summed E-state index contributed by atoms with van der Waals surface area (Å²) in [5.41, 5.74) is 7.51. The zero-order chi connectivity index (χ0) is 13.1. The first-order chi connectivity index (χ1) is 8.72. The summed E-state index contributed by atoms with van der Waals surface area (Å²) in [6, 6.07) is 3.16. The van der Waals surface area contributed by atoms with E-state index in [2.05, 4.69) is 11.8 Å². The van der Waals surface area contributed by atoms with Crippen LogP contribution in [0.1, 0.15) is 36.9 Å². The van der Waals surface area contributed by atoms with Crippen molar-refractivity contribution in [1.29, 1.82) is 0 Å². The minimum atomic E-state index is -0.166. The highest BCUT2D eigenvalue weighted by Crippen LogP contribution is 2.39. The molecule has 0 radical (unpaired) electrons. The minimum Gasteiger partial charge on any atom is -0.496 e. The Morgan fingerprint density at radius 1 is 1.50 bits per heavy atom. The number of hydrogen-bond donors (Lipinski definition) is 1. The lowest BCUT2D eigenvalue weighted by Crippen LogP contribution is -2.29. The second-order valence-electron chi connectivity index (χ2n) is 4.72. The third kappa shape index (κ3) is 2.22. The molecule has 0 saturated carbocycles. The Hall–Kier alpha value is -1.13. The fourth-order valence-electron chi connectivity index (χ4n) is 2.69. The Labute approximate surface area is 108 Å². The van der Waals surface area contributed by atoms with Crippen LogP contribution in [0.2, 0.25) is 0 Å². The average Bonchev–Trinajstić information content (AvgIpc) is 2.76. The molecule has 4 heteroatoms. The SMILES string of the molecule is CCCCN1Cc2c(OC)ccc(F)c2C1CN. The van der Waals surface area contributed by atoms with E-state index in [1.807, 2.05) is 0 Å². The van der Waals surface area contributed by atoms with Crippen LogP contribution in [0, 0.1) is 5.82 Å². The number of nitrogens with zero attached hydrogens (tertiary/aromatic N) is 1. The number of unbranched alkanes of at least 4 members (excludes halogenated alkanes) is 1. The van der Waals surface area contributed by atoms with E-state index in [-0.39, 0.29) is 11.9 Å². The number of nitrogens with two attached hydrogens (primary N) is 1. The van der Waals surface area contributed by atoms with Crippen molar-refractivity contribution in [2.75, 3.05) is 20.2 Å². The van der Waals surface area contributed by atoms with Crippen LogP contribution in [0.4, 0.5) is 4.39 Å². The van der Waals surface area contributed by atoms with Crippen LogP contribution in [0.5, 0.6) is 5.75 Å². The van der Waals surface area contributed by atoms with Crippen LogP contribution in [0.3, 0.4) is 0 Å². The number of fused-ring (bicyclic) bond motifs is 1. The quantitative estimate of drug-likeness (QED) is 0.874. The van der Waals surface area contributed by atoms with E-state index in [4.69, 9.17) is 10.5 Å². The summed E-state index contributed by atoms with van der Waals surface area (Å²) in [5.74, 6) is 0.601. The molecule has 3 nitrogen and oxygen atoms in total. The first-order valence-electron chi connectivity index (χ1n) is 6.52. The van der Waals surface area contributed by atoms with E-state index in [1.165, 1.54) is 6.07 Å². The molecule has 1 atom stereocenters. The van der Waals surface area contributed by atoms with Crippen molar-refractivity contribution in [3.63, 3.8) is 0 Å². The highest BCUT2D eigenvalue weighted by Gasteiger charge is 2.33. The second kappa shape index (κ2) is 5.67. The topological polar surface area (TPSA) is 38.5 Å². The molecule has 0 aliphatic carbocycles. The van der Waals surface area contributed by atoms with E-state index < -0.39 is 0 Å². The molecule has 1 aromatic rings. The third-order valence-electron chi connectivity index (χ3n) is 3.64.